The van der Waals surface area contributed by atoms with Gasteiger partial charge in [-0.2, -0.15) is 0 Å². The van der Waals surface area contributed by atoms with E-state index in [1.165, 1.54) is 0 Å². The van der Waals surface area contributed by atoms with E-state index in [0.717, 1.165) is 17.3 Å². The molecule has 1 amide bonds. The van der Waals surface area contributed by atoms with Crippen LogP contribution in [0.25, 0.3) is 10.9 Å². The first kappa shape index (κ1) is 13.5. The number of benzene rings is 1. The normalized spacial score (nSPS) is 14.1. The van der Waals surface area contributed by atoms with Gasteiger partial charge in [0.1, 0.15) is 5.75 Å². The monoisotopic (exact) mass is 260 g/mol. The molecule has 1 aromatic heterocycles. The van der Waals surface area contributed by atoms with Crippen LogP contribution in [0.3, 0.4) is 0 Å². The molecular weight excluding hydrogens is 240 g/mol. The number of carbonyl (C=O) groups is 1. The van der Waals surface area contributed by atoms with Crippen LogP contribution in [0.15, 0.2) is 30.5 Å². The Balaban J connectivity index is 2.01. The summed E-state index contributed by atoms with van der Waals surface area (Å²) in [4.78, 5) is 15.0. The Morgan fingerprint density at radius 3 is 2.89 bits per heavy atom. The smallest absolute Gasteiger partial charge is 0.260 e. The summed E-state index contributed by atoms with van der Waals surface area (Å²) in [6, 6.07) is 7.89. The average Bonchev–Trinajstić information content (AvgIpc) is 2.85. The predicted octanol–water partition coefficient (Wildman–Crippen LogP) is 2.85. The Labute approximate surface area is 113 Å². The van der Waals surface area contributed by atoms with E-state index in [9.17, 15) is 4.79 Å². The summed E-state index contributed by atoms with van der Waals surface area (Å²) in [6.45, 7) is 5.78. The number of hydrogen-bond donors (Lipinski definition) is 2. The molecule has 0 saturated carbocycles. The van der Waals surface area contributed by atoms with Gasteiger partial charge in [-0.25, -0.2) is 0 Å². The Morgan fingerprint density at radius 1 is 1.37 bits per heavy atom. The molecule has 4 nitrogen and oxygen atoms in total. The van der Waals surface area contributed by atoms with Gasteiger partial charge < -0.3 is 15.0 Å². The Morgan fingerprint density at radius 2 is 2.16 bits per heavy atom. The van der Waals surface area contributed by atoms with Crippen LogP contribution in [0.2, 0.25) is 0 Å². The Hall–Kier alpha value is -1.97. The molecule has 0 bridgehead atoms. The van der Waals surface area contributed by atoms with Crippen LogP contribution in [0, 0.1) is 0 Å². The van der Waals surface area contributed by atoms with Crippen LogP contribution in [-0.4, -0.2) is 23.0 Å². The minimum Gasteiger partial charge on any atom is -0.481 e. The number of aromatic nitrogens is 1. The lowest BCUT2D eigenvalue weighted by Gasteiger charge is -2.17. The second-order valence-corrected chi connectivity index (χ2v) is 4.80. The molecule has 2 unspecified atom stereocenters. The highest BCUT2D eigenvalue weighted by molar-refractivity contribution is 5.82. The number of hydrogen-bond acceptors (Lipinski definition) is 2. The molecule has 102 valence electrons. The molecule has 0 aliphatic heterocycles. The zero-order chi connectivity index (χ0) is 13.8. The summed E-state index contributed by atoms with van der Waals surface area (Å²) in [7, 11) is 0. The molecule has 4 heteroatoms. The van der Waals surface area contributed by atoms with Gasteiger partial charge in [0.15, 0.2) is 6.10 Å². The summed E-state index contributed by atoms with van der Waals surface area (Å²) in [5, 5.41) is 3.99. The van der Waals surface area contributed by atoms with Gasteiger partial charge in [0.2, 0.25) is 0 Å². The zero-order valence-electron chi connectivity index (χ0n) is 11.6. The molecule has 0 aliphatic rings. The summed E-state index contributed by atoms with van der Waals surface area (Å²) in [5.74, 6) is 0.627. The van der Waals surface area contributed by atoms with Gasteiger partial charge in [-0.05, 0) is 44.5 Å². The summed E-state index contributed by atoms with van der Waals surface area (Å²) in [6.07, 6.45) is 2.30. The first-order chi connectivity index (χ1) is 9.10. The molecule has 2 rings (SSSR count). The van der Waals surface area contributed by atoms with E-state index in [2.05, 4.69) is 10.3 Å². The molecule has 0 fully saturated rings. The molecule has 2 N–H and O–H groups in total. The SMILES string of the molecule is CCC(C)NC(=O)C(C)Oc1ccc2[nH]ccc2c1. The standard InChI is InChI=1S/C15H20N2O2/c1-4-10(2)17-15(18)11(3)19-13-5-6-14-12(9-13)7-8-16-14/h5-11,16H,4H2,1-3H3,(H,17,18). The highest BCUT2D eigenvalue weighted by atomic mass is 16.5. The number of nitrogens with one attached hydrogen (secondary N) is 2. The van der Waals surface area contributed by atoms with E-state index in [1.54, 1.807) is 6.92 Å². The van der Waals surface area contributed by atoms with Crippen molar-refractivity contribution < 1.29 is 9.53 Å². The van der Waals surface area contributed by atoms with Crippen LogP contribution >= 0.6 is 0 Å². The van der Waals surface area contributed by atoms with E-state index in [-0.39, 0.29) is 11.9 Å². The lowest BCUT2D eigenvalue weighted by molar-refractivity contribution is -0.127. The van der Waals surface area contributed by atoms with Crippen molar-refractivity contribution in [1.82, 2.24) is 10.3 Å². The molecule has 1 aromatic carbocycles. The summed E-state index contributed by atoms with van der Waals surface area (Å²) in [5.41, 5.74) is 1.06. The Bertz CT molecular complexity index is 562. The van der Waals surface area contributed by atoms with Gasteiger partial charge in [0.25, 0.3) is 5.91 Å². The van der Waals surface area contributed by atoms with Crippen molar-refractivity contribution in [3.05, 3.63) is 30.5 Å². The van der Waals surface area contributed by atoms with Crippen molar-refractivity contribution in [2.45, 2.75) is 39.3 Å². The van der Waals surface area contributed by atoms with Crippen LogP contribution in [0.4, 0.5) is 0 Å². The number of aromatic amines is 1. The fourth-order valence-electron chi connectivity index (χ4n) is 1.82. The van der Waals surface area contributed by atoms with Crippen molar-refractivity contribution in [3.8, 4) is 5.75 Å². The van der Waals surface area contributed by atoms with Crippen LogP contribution < -0.4 is 10.1 Å². The first-order valence-corrected chi connectivity index (χ1v) is 6.64. The molecule has 2 aromatic rings. The maximum absolute atomic E-state index is 11.9. The zero-order valence-corrected chi connectivity index (χ0v) is 11.6. The summed E-state index contributed by atoms with van der Waals surface area (Å²) < 4.78 is 5.67. The number of ether oxygens (including phenoxy) is 1. The van der Waals surface area contributed by atoms with Gasteiger partial charge in [0.05, 0.1) is 0 Å². The number of H-pyrrole nitrogens is 1. The van der Waals surface area contributed by atoms with Gasteiger partial charge in [-0.1, -0.05) is 6.92 Å². The number of amides is 1. The highest BCUT2D eigenvalue weighted by Gasteiger charge is 2.16. The van der Waals surface area contributed by atoms with Crippen molar-refractivity contribution in [2.75, 3.05) is 0 Å². The predicted molar refractivity (Wildman–Crippen MR) is 76.3 cm³/mol. The van der Waals surface area contributed by atoms with Crippen LogP contribution in [0.5, 0.6) is 5.75 Å². The third-order valence-electron chi connectivity index (χ3n) is 3.21. The topological polar surface area (TPSA) is 54.1 Å². The van der Waals surface area contributed by atoms with E-state index in [4.69, 9.17) is 4.74 Å². The quantitative estimate of drug-likeness (QED) is 0.868. The fraction of sp³-hybridized carbons (Fsp3) is 0.400. The number of rotatable bonds is 5. The van der Waals surface area contributed by atoms with Gasteiger partial charge >= 0.3 is 0 Å². The maximum atomic E-state index is 11.9. The number of carbonyl (C=O) groups excluding carboxylic acids is 1. The molecule has 0 radical (unpaired) electrons. The molecule has 19 heavy (non-hydrogen) atoms. The van der Waals surface area contributed by atoms with Crippen molar-refractivity contribution >= 4 is 16.8 Å². The van der Waals surface area contributed by atoms with Crippen LogP contribution in [0.1, 0.15) is 27.2 Å². The minimum atomic E-state index is -0.495. The highest BCUT2D eigenvalue weighted by Crippen LogP contribution is 2.20. The van der Waals surface area contributed by atoms with E-state index in [0.29, 0.717) is 5.75 Å². The third-order valence-corrected chi connectivity index (χ3v) is 3.21. The van der Waals surface area contributed by atoms with Crippen molar-refractivity contribution in [3.63, 3.8) is 0 Å². The minimum absolute atomic E-state index is 0.0801. The molecule has 0 saturated heterocycles. The molecular formula is C15H20N2O2. The van der Waals surface area contributed by atoms with Crippen LogP contribution in [-0.2, 0) is 4.79 Å². The molecule has 1 heterocycles. The van der Waals surface area contributed by atoms with Crippen molar-refractivity contribution in [2.24, 2.45) is 0 Å². The van der Waals surface area contributed by atoms with Gasteiger partial charge in [-0.15, -0.1) is 0 Å². The summed E-state index contributed by atoms with van der Waals surface area (Å²) >= 11 is 0. The second kappa shape index (κ2) is 5.78. The maximum Gasteiger partial charge on any atom is 0.260 e. The second-order valence-electron chi connectivity index (χ2n) is 4.80. The molecule has 0 spiro atoms. The van der Waals surface area contributed by atoms with Gasteiger partial charge in [0, 0.05) is 23.1 Å². The molecule has 0 aliphatic carbocycles. The number of fused-ring (bicyclic) bond motifs is 1. The van der Waals surface area contributed by atoms with Crippen molar-refractivity contribution in [1.29, 1.82) is 0 Å². The van der Waals surface area contributed by atoms with Gasteiger partial charge in [-0.3, -0.25) is 4.79 Å². The fourth-order valence-corrected chi connectivity index (χ4v) is 1.82. The Kier molecular flexibility index (Phi) is 4.10. The third kappa shape index (κ3) is 3.28. The average molecular weight is 260 g/mol. The largest absolute Gasteiger partial charge is 0.481 e. The van der Waals surface area contributed by atoms with E-state index < -0.39 is 6.10 Å². The molecule has 2 atom stereocenters. The first-order valence-electron chi connectivity index (χ1n) is 6.64. The lowest BCUT2D eigenvalue weighted by atomic mass is 10.2. The van der Waals surface area contributed by atoms with E-state index in [1.807, 2.05) is 44.3 Å². The van der Waals surface area contributed by atoms with E-state index >= 15 is 0 Å². The lowest BCUT2D eigenvalue weighted by Crippen LogP contribution is -2.40.